The number of amides is 2. The van der Waals surface area contributed by atoms with Crippen molar-refractivity contribution >= 4 is 17.8 Å². The summed E-state index contributed by atoms with van der Waals surface area (Å²) in [7, 11) is 0. The van der Waals surface area contributed by atoms with E-state index in [1.54, 1.807) is 12.1 Å². The maximum atomic E-state index is 12.9. The second-order valence-corrected chi connectivity index (χ2v) is 7.52. The number of aliphatic carboxylic acids is 1. The molecule has 0 bridgehead atoms. The second-order valence-electron chi connectivity index (χ2n) is 7.52. The molecule has 2 rings (SSSR count). The SMILES string of the molecule is CCC(C)C(N)C(=O)NC(Cc1cnc[nH]1)C(=O)NC(Cc1ccc(O)cc1)C(=O)O. The summed E-state index contributed by atoms with van der Waals surface area (Å²) >= 11 is 0. The second kappa shape index (κ2) is 11.1. The molecule has 1 heterocycles. The van der Waals surface area contributed by atoms with E-state index < -0.39 is 35.9 Å². The first-order valence-electron chi connectivity index (χ1n) is 10.1. The maximum absolute atomic E-state index is 12.9. The first-order valence-corrected chi connectivity index (χ1v) is 10.1. The topological polar surface area (TPSA) is 170 Å². The molecule has 10 heteroatoms. The van der Waals surface area contributed by atoms with E-state index in [1.807, 2.05) is 13.8 Å². The van der Waals surface area contributed by atoms with E-state index in [1.165, 1.54) is 24.7 Å². The number of aromatic hydroxyl groups is 1. The fraction of sp³-hybridized carbons (Fsp3) is 0.429. The maximum Gasteiger partial charge on any atom is 0.326 e. The van der Waals surface area contributed by atoms with Gasteiger partial charge in [-0.25, -0.2) is 9.78 Å². The minimum Gasteiger partial charge on any atom is -0.508 e. The quantitative estimate of drug-likeness (QED) is 0.298. The number of benzene rings is 1. The first-order chi connectivity index (χ1) is 14.7. The largest absolute Gasteiger partial charge is 0.508 e. The van der Waals surface area contributed by atoms with Gasteiger partial charge in [0.05, 0.1) is 12.4 Å². The number of H-pyrrole nitrogens is 1. The number of hydrogen-bond acceptors (Lipinski definition) is 6. The predicted octanol–water partition coefficient (Wildman–Crippen LogP) is 0.328. The summed E-state index contributed by atoms with van der Waals surface area (Å²) in [6.07, 6.45) is 3.77. The summed E-state index contributed by atoms with van der Waals surface area (Å²) in [6, 6.07) is 2.97. The van der Waals surface area contributed by atoms with Crippen molar-refractivity contribution in [2.24, 2.45) is 11.7 Å². The van der Waals surface area contributed by atoms with Gasteiger partial charge in [0.25, 0.3) is 0 Å². The Bertz CT molecular complexity index is 869. The highest BCUT2D eigenvalue weighted by molar-refractivity contribution is 5.92. The highest BCUT2D eigenvalue weighted by Crippen LogP contribution is 2.12. The zero-order valence-electron chi connectivity index (χ0n) is 17.5. The molecule has 4 unspecified atom stereocenters. The number of aromatic nitrogens is 2. The lowest BCUT2D eigenvalue weighted by molar-refractivity contribution is -0.142. The molecule has 7 N–H and O–H groups in total. The first kappa shape index (κ1) is 23.9. The Hall–Kier alpha value is -3.40. The fourth-order valence-electron chi connectivity index (χ4n) is 2.95. The number of carbonyl (C=O) groups is 3. The van der Waals surface area contributed by atoms with Crippen LogP contribution in [-0.2, 0) is 27.2 Å². The van der Waals surface area contributed by atoms with E-state index in [2.05, 4.69) is 20.6 Å². The molecule has 0 aliphatic carbocycles. The lowest BCUT2D eigenvalue weighted by Gasteiger charge is -2.24. The number of aromatic amines is 1. The van der Waals surface area contributed by atoms with Crippen LogP contribution in [-0.4, -0.2) is 56.1 Å². The molecule has 31 heavy (non-hydrogen) atoms. The van der Waals surface area contributed by atoms with Crippen LogP contribution in [0.3, 0.4) is 0 Å². The summed E-state index contributed by atoms with van der Waals surface area (Å²) in [5, 5.41) is 24.1. The average molecular weight is 431 g/mol. The number of phenols is 1. The summed E-state index contributed by atoms with van der Waals surface area (Å²) in [6.45, 7) is 3.75. The average Bonchev–Trinajstić information content (AvgIpc) is 3.26. The number of carboxylic acids is 1. The van der Waals surface area contributed by atoms with Gasteiger partial charge in [0.2, 0.25) is 11.8 Å². The Morgan fingerprint density at radius 2 is 1.74 bits per heavy atom. The molecular formula is C21H29N5O5. The minimum absolute atomic E-state index is 0.0124. The standard InChI is InChI=1S/C21H29N5O5/c1-3-12(2)18(22)20(29)25-16(9-14-10-23-11-24-14)19(28)26-17(21(30)31)8-13-4-6-15(27)7-5-13/h4-7,10-12,16-18,27H,3,8-9,22H2,1-2H3,(H,23,24)(H,25,29)(H,26,28)(H,30,31). The van der Waals surface area contributed by atoms with E-state index in [4.69, 9.17) is 5.73 Å². The summed E-state index contributed by atoms with van der Waals surface area (Å²) in [5.41, 5.74) is 7.20. The van der Waals surface area contributed by atoms with Crippen molar-refractivity contribution in [2.75, 3.05) is 0 Å². The number of carboxylic acid groups (broad SMARTS) is 1. The highest BCUT2D eigenvalue weighted by Gasteiger charge is 2.29. The van der Waals surface area contributed by atoms with Gasteiger partial charge >= 0.3 is 5.97 Å². The van der Waals surface area contributed by atoms with Crippen LogP contribution < -0.4 is 16.4 Å². The molecule has 2 aromatic rings. The molecule has 168 valence electrons. The number of nitrogens with one attached hydrogen (secondary N) is 3. The smallest absolute Gasteiger partial charge is 0.326 e. The van der Waals surface area contributed by atoms with Crippen LogP contribution >= 0.6 is 0 Å². The predicted molar refractivity (Wildman–Crippen MR) is 113 cm³/mol. The van der Waals surface area contributed by atoms with Crippen molar-refractivity contribution in [1.82, 2.24) is 20.6 Å². The molecular weight excluding hydrogens is 402 g/mol. The molecule has 2 amide bonds. The molecule has 0 aliphatic rings. The van der Waals surface area contributed by atoms with Crippen LogP contribution in [0.5, 0.6) is 5.75 Å². The molecule has 4 atom stereocenters. The van der Waals surface area contributed by atoms with Gasteiger partial charge in [0, 0.05) is 24.7 Å². The number of imidazole rings is 1. The van der Waals surface area contributed by atoms with E-state index in [0.29, 0.717) is 17.7 Å². The van der Waals surface area contributed by atoms with Crippen molar-refractivity contribution in [1.29, 1.82) is 0 Å². The molecule has 0 radical (unpaired) electrons. The van der Waals surface area contributed by atoms with E-state index in [0.717, 1.165) is 0 Å². The molecule has 0 aliphatic heterocycles. The summed E-state index contributed by atoms with van der Waals surface area (Å²) < 4.78 is 0. The molecule has 1 aromatic heterocycles. The number of rotatable bonds is 11. The lowest BCUT2D eigenvalue weighted by atomic mass is 9.98. The normalized spacial score (nSPS) is 14.8. The van der Waals surface area contributed by atoms with Gasteiger partial charge in [-0.2, -0.15) is 0 Å². The Morgan fingerprint density at radius 3 is 2.29 bits per heavy atom. The fourth-order valence-corrected chi connectivity index (χ4v) is 2.95. The number of nitrogens with two attached hydrogens (primary N) is 1. The van der Waals surface area contributed by atoms with Crippen LogP contribution in [0, 0.1) is 5.92 Å². The highest BCUT2D eigenvalue weighted by atomic mass is 16.4. The third-order valence-corrected chi connectivity index (χ3v) is 5.16. The van der Waals surface area contributed by atoms with E-state index in [9.17, 15) is 24.6 Å². The molecule has 1 aromatic carbocycles. The van der Waals surface area contributed by atoms with Gasteiger partial charge in [0.1, 0.15) is 17.8 Å². The molecule has 10 nitrogen and oxygen atoms in total. The van der Waals surface area contributed by atoms with Crippen molar-refractivity contribution in [3.8, 4) is 5.75 Å². The van der Waals surface area contributed by atoms with Crippen LogP contribution in [0.25, 0.3) is 0 Å². The number of carbonyl (C=O) groups excluding carboxylic acids is 2. The third kappa shape index (κ3) is 7.10. The van der Waals surface area contributed by atoms with Gasteiger partial charge in [0.15, 0.2) is 0 Å². The lowest BCUT2D eigenvalue weighted by Crippen LogP contribution is -2.56. The van der Waals surface area contributed by atoms with Crippen LogP contribution in [0.2, 0.25) is 0 Å². The van der Waals surface area contributed by atoms with Crippen LogP contribution in [0.4, 0.5) is 0 Å². The monoisotopic (exact) mass is 431 g/mol. The molecule has 0 spiro atoms. The number of hydrogen-bond donors (Lipinski definition) is 6. The minimum atomic E-state index is -1.22. The Labute approximate surface area is 180 Å². The Balaban J connectivity index is 2.14. The Morgan fingerprint density at radius 1 is 1.10 bits per heavy atom. The van der Waals surface area contributed by atoms with Gasteiger partial charge in [-0.15, -0.1) is 0 Å². The van der Waals surface area contributed by atoms with Crippen molar-refractivity contribution in [3.63, 3.8) is 0 Å². The van der Waals surface area contributed by atoms with Crippen LogP contribution in [0.1, 0.15) is 31.5 Å². The van der Waals surface area contributed by atoms with Crippen molar-refractivity contribution in [3.05, 3.63) is 48.0 Å². The van der Waals surface area contributed by atoms with Gasteiger partial charge in [-0.1, -0.05) is 32.4 Å². The van der Waals surface area contributed by atoms with Crippen molar-refractivity contribution in [2.45, 2.75) is 51.2 Å². The van der Waals surface area contributed by atoms with Gasteiger partial charge in [-0.05, 0) is 23.6 Å². The molecule has 0 saturated carbocycles. The van der Waals surface area contributed by atoms with Gasteiger partial charge in [-0.3, -0.25) is 9.59 Å². The number of nitrogens with zero attached hydrogens (tertiary/aromatic N) is 1. The van der Waals surface area contributed by atoms with Crippen LogP contribution in [0.15, 0.2) is 36.8 Å². The summed E-state index contributed by atoms with van der Waals surface area (Å²) in [5.74, 6) is -2.38. The van der Waals surface area contributed by atoms with Gasteiger partial charge < -0.3 is 31.6 Å². The zero-order chi connectivity index (χ0) is 23.0. The summed E-state index contributed by atoms with van der Waals surface area (Å²) in [4.78, 5) is 44.0. The Kier molecular flexibility index (Phi) is 8.56. The van der Waals surface area contributed by atoms with E-state index >= 15 is 0 Å². The molecule has 0 fully saturated rings. The third-order valence-electron chi connectivity index (χ3n) is 5.16. The van der Waals surface area contributed by atoms with Crippen molar-refractivity contribution < 1.29 is 24.6 Å². The molecule has 0 saturated heterocycles. The van der Waals surface area contributed by atoms with E-state index in [-0.39, 0.29) is 24.5 Å². The number of phenolic OH excluding ortho intramolecular Hbond substituents is 1. The zero-order valence-corrected chi connectivity index (χ0v) is 17.5.